The summed E-state index contributed by atoms with van der Waals surface area (Å²) in [5.41, 5.74) is 1.07. The molecule has 0 saturated carbocycles. The van der Waals surface area contributed by atoms with Crippen LogP contribution >= 0.6 is 11.6 Å². The van der Waals surface area contributed by atoms with Crippen molar-refractivity contribution >= 4 is 11.6 Å². The van der Waals surface area contributed by atoms with Crippen molar-refractivity contribution in [1.29, 1.82) is 0 Å². The fourth-order valence-corrected chi connectivity index (χ4v) is 1.57. The molecule has 0 spiro atoms. The van der Waals surface area contributed by atoms with Crippen molar-refractivity contribution in [2.24, 2.45) is 0 Å². The molecular weight excluding hydrogens is 214 g/mol. The van der Waals surface area contributed by atoms with Gasteiger partial charge < -0.3 is 9.47 Å². The summed E-state index contributed by atoms with van der Waals surface area (Å²) < 4.78 is 10.1. The van der Waals surface area contributed by atoms with Gasteiger partial charge >= 0.3 is 0 Å². The first-order chi connectivity index (χ1) is 7.17. The molecule has 0 saturated heterocycles. The normalized spacial score (nSPS) is 10.7. The van der Waals surface area contributed by atoms with Gasteiger partial charge in [-0.25, -0.2) is 0 Å². The maximum Gasteiger partial charge on any atom is 0.120 e. The Kier molecular flexibility index (Phi) is 4.88. The van der Waals surface area contributed by atoms with Gasteiger partial charge in [0.2, 0.25) is 0 Å². The van der Waals surface area contributed by atoms with Crippen molar-refractivity contribution in [2.75, 3.05) is 28.0 Å². The molecule has 1 aromatic rings. The minimum Gasteiger partial charge on any atom is -0.497 e. The second-order valence-electron chi connectivity index (χ2n) is 3.39. The number of rotatable bonds is 5. The molecule has 0 amide bonds. The molecule has 15 heavy (non-hydrogen) atoms. The summed E-state index contributed by atoms with van der Waals surface area (Å²) in [5.74, 6) is 0.776. The van der Waals surface area contributed by atoms with E-state index >= 15 is 0 Å². The van der Waals surface area contributed by atoms with Crippen LogP contribution < -0.4 is 4.74 Å². The largest absolute Gasteiger partial charge is 0.497 e. The van der Waals surface area contributed by atoms with Crippen LogP contribution in [0.3, 0.4) is 0 Å². The summed E-state index contributed by atoms with van der Waals surface area (Å²) in [7, 11) is 5.28. The number of nitrogens with zero attached hydrogens (tertiary/aromatic N) is 1. The van der Waals surface area contributed by atoms with Gasteiger partial charge in [-0.05, 0) is 24.7 Å². The zero-order valence-electron chi connectivity index (χ0n) is 9.29. The van der Waals surface area contributed by atoms with E-state index in [1.54, 1.807) is 14.2 Å². The van der Waals surface area contributed by atoms with Crippen molar-refractivity contribution in [3.8, 4) is 5.75 Å². The Morgan fingerprint density at radius 3 is 2.60 bits per heavy atom. The third kappa shape index (κ3) is 3.70. The molecule has 0 radical (unpaired) electrons. The summed E-state index contributed by atoms with van der Waals surface area (Å²) in [6.07, 6.45) is 0. The Hall–Kier alpha value is -0.770. The van der Waals surface area contributed by atoms with Crippen LogP contribution in [0.1, 0.15) is 5.56 Å². The van der Waals surface area contributed by atoms with Gasteiger partial charge in [0.15, 0.2) is 0 Å². The van der Waals surface area contributed by atoms with E-state index in [2.05, 4.69) is 0 Å². The number of hydrogen-bond acceptors (Lipinski definition) is 3. The summed E-state index contributed by atoms with van der Waals surface area (Å²) >= 11 is 6.10. The van der Waals surface area contributed by atoms with Crippen molar-refractivity contribution in [2.45, 2.75) is 6.54 Å². The second kappa shape index (κ2) is 5.95. The lowest BCUT2D eigenvalue weighted by molar-refractivity contribution is 0.0771. The van der Waals surface area contributed by atoms with Crippen LogP contribution in [0, 0.1) is 0 Å². The first kappa shape index (κ1) is 12.3. The molecule has 0 unspecified atom stereocenters. The molecule has 1 aromatic carbocycles. The van der Waals surface area contributed by atoms with Gasteiger partial charge in [-0.1, -0.05) is 17.7 Å². The predicted octanol–water partition coefficient (Wildman–Crippen LogP) is 2.38. The molecular formula is C11H16ClNO2. The first-order valence-electron chi connectivity index (χ1n) is 4.67. The lowest BCUT2D eigenvalue weighted by Crippen LogP contribution is -2.20. The lowest BCUT2D eigenvalue weighted by atomic mass is 10.2. The third-order valence-corrected chi connectivity index (χ3v) is 2.40. The standard InChI is InChI=1S/C11H16ClNO2/c1-13(8-14-2)7-9-4-5-10(15-3)6-11(9)12/h4-6H,7-8H2,1-3H3. The van der Waals surface area contributed by atoms with Gasteiger partial charge in [-0.2, -0.15) is 0 Å². The zero-order valence-corrected chi connectivity index (χ0v) is 10.0. The minimum atomic E-state index is 0.586. The Morgan fingerprint density at radius 1 is 1.33 bits per heavy atom. The van der Waals surface area contributed by atoms with Crippen molar-refractivity contribution < 1.29 is 9.47 Å². The van der Waals surface area contributed by atoms with Crippen LogP contribution in [-0.2, 0) is 11.3 Å². The molecule has 0 aromatic heterocycles. The Morgan fingerprint density at radius 2 is 2.07 bits per heavy atom. The maximum absolute atomic E-state index is 6.10. The van der Waals surface area contributed by atoms with Gasteiger partial charge in [-0.15, -0.1) is 0 Å². The molecule has 3 nitrogen and oxygen atoms in total. The number of methoxy groups -OCH3 is 2. The Labute approximate surface area is 95.5 Å². The summed E-state index contributed by atoms with van der Waals surface area (Å²) in [6.45, 7) is 1.35. The van der Waals surface area contributed by atoms with Crippen LogP contribution in [0.15, 0.2) is 18.2 Å². The molecule has 0 fully saturated rings. The highest BCUT2D eigenvalue weighted by atomic mass is 35.5. The zero-order chi connectivity index (χ0) is 11.3. The van der Waals surface area contributed by atoms with Crippen LogP contribution in [0.5, 0.6) is 5.75 Å². The molecule has 0 N–H and O–H groups in total. The number of benzene rings is 1. The average molecular weight is 230 g/mol. The van der Waals surface area contributed by atoms with Crippen LogP contribution in [-0.4, -0.2) is 32.9 Å². The highest BCUT2D eigenvalue weighted by Crippen LogP contribution is 2.23. The molecule has 0 heterocycles. The molecule has 1 rings (SSSR count). The number of halogens is 1. The summed E-state index contributed by atoms with van der Waals surface area (Å²) in [6, 6.07) is 5.69. The maximum atomic E-state index is 6.10. The van der Waals surface area contributed by atoms with E-state index in [0.29, 0.717) is 6.73 Å². The van der Waals surface area contributed by atoms with Crippen molar-refractivity contribution in [3.05, 3.63) is 28.8 Å². The SMILES string of the molecule is COCN(C)Cc1ccc(OC)cc1Cl. The van der Waals surface area contributed by atoms with Crippen molar-refractivity contribution in [3.63, 3.8) is 0 Å². The number of hydrogen-bond donors (Lipinski definition) is 0. The van der Waals surface area contributed by atoms with E-state index < -0.39 is 0 Å². The minimum absolute atomic E-state index is 0.586. The van der Waals surface area contributed by atoms with Gasteiger partial charge in [0.1, 0.15) is 5.75 Å². The smallest absolute Gasteiger partial charge is 0.120 e. The fourth-order valence-electron chi connectivity index (χ4n) is 1.34. The molecule has 84 valence electrons. The number of ether oxygens (including phenoxy) is 2. The summed E-state index contributed by atoms with van der Waals surface area (Å²) in [4.78, 5) is 2.04. The fraction of sp³-hybridized carbons (Fsp3) is 0.455. The molecule has 0 aliphatic carbocycles. The quantitative estimate of drug-likeness (QED) is 0.724. The predicted molar refractivity (Wildman–Crippen MR) is 61.3 cm³/mol. The molecule has 0 aliphatic heterocycles. The van der Waals surface area contributed by atoms with Gasteiger partial charge in [0.25, 0.3) is 0 Å². The highest BCUT2D eigenvalue weighted by molar-refractivity contribution is 6.31. The van der Waals surface area contributed by atoms with E-state index in [1.807, 2.05) is 30.1 Å². The molecule has 0 bridgehead atoms. The van der Waals surface area contributed by atoms with Crippen molar-refractivity contribution in [1.82, 2.24) is 4.90 Å². The lowest BCUT2D eigenvalue weighted by Gasteiger charge is -2.16. The van der Waals surface area contributed by atoms with Crippen LogP contribution in [0.25, 0.3) is 0 Å². The monoisotopic (exact) mass is 229 g/mol. The van der Waals surface area contributed by atoms with Crippen LogP contribution in [0.4, 0.5) is 0 Å². The Balaban J connectivity index is 2.69. The van der Waals surface area contributed by atoms with Gasteiger partial charge in [0, 0.05) is 18.7 Å². The molecule has 0 atom stereocenters. The average Bonchev–Trinajstić information content (AvgIpc) is 2.21. The van der Waals surface area contributed by atoms with E-state index in [4.69, 9.17) is 21.1 Å². The molecule has 0 aliphatic rings. The van der Waals surface area contributed by atoms with Gasteiger partial charge in [0.05, 0.1) is 13.8 Å². The highest BCUT2D eigenvalue weighted by Gasteiger charge is 2.05. The molecule has 4 heteroatoms. The van der Waals surface area contributed by atoms with E-state index in [0.717, 1.165) is 22.9 Å². The summed E-state index contributed by atoms with van der Waals surface area (Å²) in [5, 5.41) is 0.720. The van der Waals surface area contributed by atoms with Gasteiger partial charge in [-0.3, -0.25) is 4.90 Å². The van der Waals surface area contributed by atoms with E-state index in [9.17, 15) is 0 Å². The van der Waals surface area contributed by atoms with Crippen LogP contribution in [0.2, 0.25) is 5.02 Å². The van der Waals surface area contributed by atoms with E-state index in [1.165, 1.54) is 0 Å². The third-order valence-electron chi connectivity index (χ3n) is 2.05. The van der Waals surface area contributed by atoms with E-state index in [-0.39, 0.29) is 0 Å². The second-order valence-corrected chi connectivity index (χ2v) is 3.80. The first-order valence-corrected chi connectivity index (χ1v) is 5.05. The topological polar surface area (TPSA) is 21.7 Å². The Bertz CT molecular complexity index is 317.